The first-order valence-corrected chi connectivity index (χ1v) is 7.83. The minimum absolute atomic E-state index is 0.622. The topological polar surface area (TPSA) is 45.4 Å². The van der Waals surface area contributed by atoms with E-state index in [2.05, 4.69) is 34.5 Å². The molecule has 0 unspecified atom stereocenters. The minimum atomic E-state index is 0.622. The Morgan fingerprint density at radius 3 is 2.71 bits per heavy atom. The molecule has 0 bridgehead atoms. The Morgan fingerprint density at radius 1 is 1.47 bits per heavy atom. The number of nitrogens with two attached hydrogens (primary N) is 1. The second-order valence-corrected chi connectivity index (χ2v) is 6.12. The highest BCUT2D eigenvalue weighted by Gasteiger charge is 2.24. The molecule has 1 saturated heterocycles. The van der Waals surface area contributed by atoms with Gasteiger partial charge < -0.3 is 15.5 Å². The Morgan fingerprint density at radius 2 is 2.12 bits per heavy atom. The Kier molecular flexibility index (Phi) is 4.17. The maximum Gasteiger partial charge on any atom is 0.153 e. The van der Waals surface area contributed by atoms with Crippen LogP contribution in [0.25, 0.3) is 0 Å². The third kappa shape index (κ3) is 2.69. The minimum Gasteiger partial charge on any atom is -0.382 e. The molecule has 4 nitrogen and oxygen atoms in total. The highest BCUT2D eigenvalue weighted by Crippen LogP contribution is 2.38. The van der Waals surface area contributed by atoms with Crippen LogP contribution in [0.5, 0.6) is 0 Å². The highest BCUT2D eigenvalue weighted by atomic mass is 32.2. The van der Waals surface area contributed by atoms with Gasteiger partial charge in [-0.25, -0.2) is 0 Å². The molecule has 1 aliphatic heterocycles. The summed E-state index contributed by atoms with van der Waals surface area (Å²) in [5.74, 6) is 0.678. The molecule has 0 aromatic carbocycles. The lowest BCUT2D eigenvalue weighted by atomic mass is 10.0. The van der Waals surface area contributed by atoms with Crippen molar-refractivity contribution in [1.82, 2.24) is 9.27 Å². The van der Waals surface area contributed by atoms with E-state index in [1.807, 2.05) is 0 Å². The van der Waals surface area contributed by atoms with Gasteiger partial charge in [0.05, 0.1) is 4.90 Å². The smallest absolute Gasteiger partial charge is 0.153 e. The number of likely N-dealkylation sites (tertiary alicyclic amines) is 1. The SMILES string of the molecule is CSc1c(N)nsc1N(C)C1CCN(C)CC1. The lowest BCUT2D eigenvalue weighted by Crippen LogP contribution is -2.41. The molecule has 0 radical (unpaired) electrons. The van der Waals surface area contributed by atoms with E-state index in [1.165, 1.54) is 42.5 Å². The summed E-state index contributed by atoms with van der Waals surface area (Å²) < 4.78 is 4.26. The normalized spacial score (nSPS) is 18.5. The van der Waals surface area contributed by atoms with Gasteiger partial charge in [-0.15, -0.1) is 11.8 Å². The molecular weight excluding hydrogens is 252 g/mol. The number of nitrogen functional groups attached to an aromatic ring is 1. The summed E-state index contributed by atoms with van der Waals surface area (Å²) in [6.07, 6.45) is 4.50. The Balaban J connectivity index is 2.11. The fourth-order valence-corrected chi connectivity index (χ4v) is 3.98. The Labute approximate surface area is 111 Å². The molecule has 17 heavy (non-hydrogen) atoms. The summed E-state index contributed by atoms with van der Waals surface area (Å²) in [6.45, 7) is 2.36. The second-order valence-electron chi connectivity index (χ2n) is 4.55. The maximum atomic E-state index is 5.88. The van der Waals surface area contributed by atoms with Gasteiger partial charge in [-0.05, 0) is 50.8 Å². The summed E-state index contributed by atoms with van der Waals surface area (Å²) >= 11 is 3.21. The van der Waals surface area contributed by atoms with Crippen LogP contribution in [0.4, 0.5) is 10.8 Å². The second kappa shape index (κ2) is 5.46. The van der Waals surface area contributed by atoms with E-state index in [4.69, 9.17) is 5.73 Å². The fourth-order valence-electron chi connectivity index (χ4n) is 2.25. The highest BCUT2D eigenvalue weighted by molar-refractivity contribution is 7.99. The number of thioether (sulfide) groups is 1. The van der Waals surface area contributed by atoms with E-state index in [0.717, 1.165) is 4.90 Å². The molecule has 0 spiro atoms. The van der Waals surface area contributed by atoms with Gasteiger partial charge in [0, 0.05) is 13.1 Å². The van der Waals surface area contributed by atoms with Crippen LogP contribution >= 0.6 is 23.3 Å². The predicted molar refractivity (Wildman–Crippen MR) is 77.2 cm³/mol. The van der Waals surface area contributed by atoms with Crippen LogP contribution in [-0.2, 0) is 0 Å². The average Bonchev–Trinajstić information content (AvgIpc) is 2.70. The molecule has 2 rings (SSSR count). The van der Waals surface area contributed by atoms with Crippen molar-refractivity contribution in [2.24, 2.45) is 0 Å². The van der Waals surface area contributed by atoms with E-state index in [0.29, 0.717) is 11.9 Å². The number of nitrogens with zero attached hydrogens (tertiary/aromatic N) is 3. The van der Waals surface area contributed by atoms with Crippen LogP contribution in [0.3, 0.4) is 0 Å². The van der Waals surface area contributed by atoms with Crippen LogP contribution in [0.1, 0.15) is 12.8 Å². The summed E-state index contributed by atoms with van der Waals surface area (Å²) in [4.78, 5) is 5.89. The maximum absolute atomic E-state index is 5.88. The number of piperidine rings is 1. The van der Waals surface area contributed by atoms with Crippen molar-refractivity contribution in [2.45, 2.75) is 23.8 Å². The monoisotopic (exact) mass is 272 g/mol. The van der Waals surface area contributed by atoms with E-state index in [-0.39, 0.29) is 0 Å². The predicted octanol–water partition coefficient (Wildman–Crippen LogP) is 1.98. The van der Waals surface area contributed by atoms with E-state index in [1.54, 1.807) is 11.8 Å². The van der Waals surface area contributed by atoms with Crippen LogP contribution < -0.4 is 10.6 Å². The molecule has 2 heterocycles. The van der Waals surface area contributed by atoms with Crippen LogP contribution in [-0.4, -0.2) is 48.8 Å². The number of hydrogen-bond donors (Lipinski definition) is 1. The van der Waals surface area contributed by atoms with Crippen molar-refractivity contribution in [2.75, 3.05) is 44.1 Å². The van der Waals surface area contributed by atoms with Crippen LogP contribution in [0.2, 0.25) is 0 Å². The molecule has 2 N–H and O–H groups in total. The largest absolute Gasteiger partial charge is 0.382 e. The van der Waals surface area contributed by atoms with Crippen LogP contribution in [0, 0.1) is 0 Å². The first-order valence-electron chi connectivity index (χ1n) is 5.84. The zero-order valence-electron chi connectivity index (χ0n) is 10.6. The average molecular weight is 272 g/mol. The van der Waals surface area contributed by atoms with Crippen molar-refractivity contribution < 1.29 is 0 Å². The lowest BCUT2D eigenvalue weighted by molar-refractivity contribution is 0.253. The number of aromatic nitrogens is 1. The molecule has 0 atom stereocenters. The summed E-state index contributed by atoms with van der Waals surface area (Å²) in [5, 5.41) is 1.23. The molecule has 1 aromatic heterocycles. The van der Waals surface area contributed by atoms with Crippen molar-refractivity contribution in [3.8, 4) is 0 Å². The zero-order chi connectivity index (χ0) is 12.4. The van der Waals surface area contributed by atoms with E-state index in [9.17, 15) is 0 Å². The van der Waals surface area contributed by atoms with Crippen molar-refractivity contribution in [3.63, 3.8) is 0 Å². The van der Waals surface area contributed by atoms with Crippen molar-refractivity contribution in [3.05, 3.63) is 0 Å². The van der Waals surface area contributed by atoms with Gasteiger partial charge >= 0.3 is 0 Å². The molecule has 6 heteroatoms. The molecule has 1 fully saturated rings. The van der Waals surface area contributed by atoms with Gasteiger partial charge in [0.15, 0.2) is 5.82 Å². The first kappa shape index (κ1) is 13.0. The Bertz CT molecular complexity index is 372. The van der Waals surface area contributed by atoms with Crippen molar-refractivity contribution >= 4 is 34.1 Å². The lowest BCUT2D eigenvalue weighted by Gasteiger charge is -2.35. The summed E-state index contributed by atoms with van der Waals surface area (Å²) in [5.41, 5.74) is 5.88. The van der Waals surface area contributed by atoms with Gasteiger partial charge in [-0.3, -0.25) is 0 Å². The van der Waals surface area contributed by atoms with E-state index < -0.39 is 0 Å². The third-order valence-corrected chi connectivity index (χ3v) is 5.31. The van der Waals surface area contributed by atoms with Gasteiger partial charge in [0.1, 0.15) is 5.00 Å². The Hall–Kier alpha value is -0.460. The summed E-state index contributed by atoms with van der Waals surface area (Å²) in [7, 11) is 4.36. The molecule has 1 aromatic rings. The number of rotatable bonds is 3. The fraction of sp³-hybridized carbons (Fsp3) is 0.727. The molecule has 1 aliphatic rings. The number of hydrogen-bond acceptors (Lipinski definition) is 6. The molecule has 96 valence electrons. The van der Waals surface area contributed by atoms with Gasteiger partial charge in [0.2, 0.25) is 0 Å². The molecular formula is C11H20N4S2. The third-order valence-electron chi connectivity index (χ3n) is 3.42. The molecule has 0 amide bonds. The van der Waals surface area contributed by atoms with Gasteiger partial charge in [0.25, 0.3) is 0 Å². The van der Waals surface area contributed by atoms with Crippen LogP contribution in [0.15, 0.2) is 4.90 Å². The zero-order valence-corrected chi connectivity index (χ0v) is 12.3. The quantitative estimate of drug-likeness (QED) is 0.853. The van der Waals surface area contributed by atoms with Crippen molar-refractivity contribution in [1.29, 1.82) is 0 Å². The standard InChI is InChI=1S/C11H20N4S2/c1-14-6-4-8(5-7-14)15(2)11-9(16-3)10(12)13-17-11/h8H,4-7H2,1-3H3,(H2,12,13). The molecule has 0 saturated carbocycles. The number of anilines is 2. The summed E-state index contributed by atoms with van der Waals surface area (Å²) in [6, 6.07) is 0.622. The van der Waals surface area contributed by atoms with Gasteiger partial charge in [-0.1, -0.05) is 0 Å². The molecule has 0 aliphatic carbocycles. The first-order chi connectivity index (χ1) is 8.13. The van der Waals surface area contributed by atoms with E-state index >= 15 is 0 Å². The van der Waals surface area contributed by atoms with Gasteiger partial charge in [-0.2, -0.15) is 4.37 Å².